The predicted octanol–water partition coefficient (Wildman–Crippen LogP) is 15.2. The third kappa shape index (κ3) is 5.39. The molecule has 0 spiro atoms. The van der Waals surface area contributed by atoms with E-state index in [9.17, 15) is 0 Å². The molecule has 1 aliphatic rings. The molecule has 0 N–H and O–H groups in total. The molecule has 0 radical (unpaired) electrons. The van der Waals surface area contributed by atoms with Gasteiger partial charge in [-0.2, -0.15) is 0 Å². The zero-order chi connectivity index (χ0) is 38.5. The molecule has 10 aromatic carbocycles. The van der Waals surface area contributed by atoms with E-state index in [0.29, 0.717) is 0 Å². The van der Waals surface area contributed by atoms with E-state index >= 15 is 0 Å². The lowest BCUT2D eigenvalue weighted by molar-refractivity contribution is 0.769. The van der Waals surface area contributed by atoms with Crippen LogP contribution in [-0.4, -0.2) is 0 Å². The first-order valence-corrected chi connectivity index (χ1v) is 20.1. The number of benzene rings is 10. The SMILES string of the molecule is c1ccc(C2(c3cccc(-c4ccc(N(c5ccc(-c6cccc7ccccc67)cc5)c5cccc6ccccc56)cc4)c3)c3ccccc3-c3ccccc32)cc1. The van der Waals surface area contributed by atoms with Gasteiger partial charge in [0.15, 0.2) is 0 Å². The third-order valence-corrected chi connectivity index (χ3v) is 12.1. The molecule has 1 heteroatoms. The summed E-state index contributed by atoms with van der Waals surface area (Å²) in [6.45, 7) is 0. The summed E-state index contributed by atoms with van der Waals surface area (Å²) < 4.78 is 0. The van der Waals surface area contributed by atoms with E-state index in [-0.39, 0.29) is 0 Å². The van der Waals surface area contributed by atoms with E-state index in [1.807, 2.05) is 0 Å². The normalized spacial score (nSPS) is 12.6. The highest BCUT2D eigenvalue weighted by atomic mass is 15.1. The molecule has 10 aromatic rings. The Morgan fingerprint density at radius 3 is 1.47 bits per heavy atom. The summed E-state index contributed by atoms with van der Waals surface area (Å²) in [5.74, 6) is 0. The monoisotopic (exact) mass is 737 g/mol. The quantitative estimate of drug-likeness (QED) is 0.157. The van der Waals surface area contributed by atoms with Crippen LogP contribution in [0.4, 0.5) is 17.1 Å². The zero-order valence-electron chi connectivity index (χ0n) is 32.0. The van der Waals surface area contributed by atoms with Crippen molar-refractivity contribution in [2.75, 3.05) is 4.90 Å². The Hall–Kier alpha value is -7.48. The van der Waals surface area contributed by atoms with Gasteiger partial charge in [0.1, 0.15) is 0 Å². The van der Waals surface area contributed by atoms with E-state index in [1.54, 1.807) is 0 Å². The van der Waals surface area contributed by atoms with E-state index in [2.05, 4.69) is 241 Å². The van der Waals surface area contributed by atoms with Gasteiger partial charge < -0.3 is 4.90 Å². The van der Waals surface area contributed by atoms with Crippen LogP contribution in [0.5, 0.6) is 0 Å². The minimum absolute atomic E-state index is 0.437. The molecule has 0 heterocycles. The van der Waals surface area contributed by atoms with E-state index in [4.69, 9.17) is 0 Å². The van der Waals surface area contributed by atoms with Gasteiger partial charge in [-0.15, -0.1) is 0 Å². The van der Waals surface area contributed by atoms with Gasteiger partial charge in [-0.05, 0) is 108 Å². The van der Waals surface area contributed by atoms with Gasteiger partial charge in [0.25, 0.3) is 0 Å². The molecule has 272 valence electrons. The number of hydrogen-bond donors (Lipinski definition) is 0. The molecule has 0 bridgehead atoms. The van der Waals surface area contributed by atoms with Gasteiger partial charge in [0, 0.05) is 16.8 Å². The second-order valence-electron chi connectivity index (χ2n) is 15.2. The van der Waals surface area contributed by atoms with E-state index < -0.39 is 5.41 Å². The van der Waals surface area contributed by atoms with Crippen molar-refractivity contribution >= 4 is 38.6 Å². The van der Waals surface area contributed by atoms with Gasteiger partial charge in [-0.1, -0.05) is 200 Å². The van der Waals surface area contributed by atoms with Crippen molar-refractivity contribution in [3.8, 4) is 33.4 Å². The highest BCUT2D eigenvalue weighted by Crippen LogP contribution is 2.56. The van der Waals surface area contributed by atoms with Crippen LogP contribution in [0, 0.1) is 0 Å². The molecule has 11 rings (SSSR count). The second kappa shape index (κ2) is 13.9. The molecule has 0 saturated heterocycles. The lowest BCUT2D eigenvalue weighted by atomic mass is 9.67. The Morgan fingerprint density at radius 2 is 0.776 bits per heavy atom. The van der Waals surface area contributed by atoms with Crippen molar-refractivity contribution in [2.24, 2.45) is 0 Å². The first kappa shape index (κ1) is 33.8. The molecule has 0 aliphatic heterocycles. The maximum Gasteiger partial charge on any atom is 0.0713 e. The lowest BCUT2D eigenvalue weighted by Gasteiger charge is -2.34. The summed E-state index contributed by atoms with van der Waals surface area (Å²) in [6.07, 6.45) is 0. The summed E-state index contributed by atoms with van der Waals surface area (Å²) in [5.41, 5.74) is 15.5. The Labute approximate surface area is 339 Å². The Kier molecular flexibility index (Phi) is 8.12. The molecule has 0 aromatic heterocycles. The summed E-state index contributed by atoms with van der Waals surface area (Å²) >= 11 is 0. The largest absolute Gasteiger partial charge is 0.310 e. The summed E-state index contributed by atoms with van der Waals surface area (Å²) in [6, 6.07) is 86.7. The highest BCUT2D eigenvalue weighted by Gasteiger charge is 2.45. The van der Waals surface area contributed by atoms with Gasteiger partial charge in [0.2, 0.25) is 0 Å². The first-order valence-electron chi connectivity index (χ1n) is 20.1. The smallest absolute Gasteiger partial charge is 0.0713 e. The van der Waals surface area contributed by atoms with E-state index in [0.717, 1.165) is 17.1 Å². The Bertz CT molecular complexity index is 3050. The lowest BCUT2D eigenvalue weighted by Crippen LogP contribution is -2.28. The highest BCUT2D eigenvalue weighted by molar-refractivity contribution is 6.00. The average Bonchev–Trinajstić information content (AvgIpc) is 3.61. The second-order valence-corrected chi connectivity index (χ2v) is 15.2. The van der Waals surface area contributed by atoms with Crippen molar-refractivity contribution in [1.82, 2.24) is 0 Å². The maximum absolute atomic E-state index is 2.41. The molecule has 0 unspecified atom stereocenters. The van der Waals surface area contributed by atoms with Gasteiger partial charge in [-0.3, -0.25) is 0 Å². The minimum atomic E-state index is -0.437. The molecule has 0 saturated carbocycles. The number of nitrogens with zero attached hydrogens (tertiary/aromatic N) is 1. The van der Waals surface area contributed by atoms with E-state index in [1.165, 1.54) is 77.2 Å². The molecular formula is C57H39N. The molecule has 58 heavy (non-hydrogen) atoms. The molecule has 0 fully saturated rings. The van der Waals surface area contributed by atoms with Gasteiger partial charge in [0.05, 0.1) is 11.1 Å². The number of anilines is 3. The number of hydrogen-bond acceptors (Lipinski definition) is 1. The van der Waals surface area contributed by atoms with Crippen LogP contribution in [0.3, 0.4) is 0 Å². The molecule has 1 nitrogen and oxygen atoms in total. The fourth-order valence-electron chi connectivity index (χ4n) is 9.54. The summed E-state index contributed by atoms with van der Waals surface area (Å²) in [7, 11) is 0. The fourth-order valence-corrected chi connectivity index (χ4v) is 9.54. The molecule has 0 atom stereocenters. The van der Waals surface area contributed by atoms with Gasteiger partial charge >= 0.3 is 0 Å². The summed E-state index contributed by atoms with van der Waals surface area (Å²) in [4.78, 5) is 2.40. The Balaban J connectivity index is 1.02. The van der Waals surface area contributed by atoms with Crippen LogP contribution in [0.2, 0.25) is 0 Å². The molecular weight excluding hydrogens is 699 g/mol. The van der Waals surface area contributed by atoms with Crippen LogP contribution in [-0.2, 0) is 5.41 Å². The minimum Gasteiger partial charge on any atom is -0.310 e. The fraction of sp³-hybridized carbons (Fsp3) is 0.0175. The zero-order valence-corrected chi connectivity index (χ0v) is 32.0. The first-order chi connectivity index (χ1) is 28.8. The van der Waals surface area contributed by atoms with Crippen LogP contribution < -0.4 is 4.90 Å². The average molecular weight is 738 g/mol. The number of rotatable bonds is 7. The van der Waals surface area contributed by atoms with Gasteiger partial charge in [-0.25, -0.2) is 0 Å². The van der Waals surface area contributed by atoms with Crippen LogP contribution in [0.25, 0.3) is 54.9 Å². The maximum atomic E-state index is 2.41. The van der Waals surface area contributed by atoms with Crippen molar-refractivity contribution < 1.29 is 0 Å². The van der Waals surface area contributed by atoms with Crippen LogP contribution in [0.15, 0.2) is 237 Å². The van der Waals surface area contributed by atoms with Crippen molar-refractivity contribution in [3.05, 3.63) is 259 Å². The number of fused-ring (bicyclic) bond motifs is 5. The standard InChI is InChI=1S/C57H39N/c1-2-20-45(21-3-1)57(54-28-10-8-25-52(54)53-26-9-11-29-55(53)57)46-22-12-19-44(39-46)40-31-35-47(36-32-40)58(56-30-14-18-42-16-5-7-24-51(42)56)48-37-33-43(34-38-48)50-27-13-17-41-15-4-6-23-49(41)50/h1-39H. The van der Waals surface area contributed by atoms with Crippen molar-refractivity contribution in [2.45, 2.75) is 5.41 Å². The van der Waals surface area contributed by atoms with Crippen LogP contribution >= 0.6 is 0 Å². The molecule has 1 aliphatic carbocycles. The third-order valence-electron chi connectivity index (χ3n) is 12.1. The van der Waals surface area contributed by atoms with Crippen molar-refractivity contribution in [1.29, 1.82) is 0 Å². The summed E-state index contributed by atoms with van der Waals surface area (Å²) in [5, 5.41) is 4.94. The molecule has 0 amide bonds. The Morgan fingerprint density at radius 1 is 0.293 bits per heavy atom. The van der Waals surface area contributed by atoms with Crippen molar-refractivity contribution in [3.63, 3.8) is 0 Å². The van der Waals surface area contributed by atoms with Crippen LogP contribution in [0.1, 0.15) is 22.3 Å². The predicted molar refractivity (Wildman–Crippen MR) is 244 cm³/mol. The topological polar surface area (TPSA) is 3.24 Å².